The van der Waals surface area contributed by atoms with Gasteiger partial charge in [0.2, 0.25) is 0 Å². The Balaban J connectivity index is 1.89. The molecule has 33 heavy (non-hydrogen) atoms. The Labute approximate surface area is 207 Å². The van der Waals surface area contributed by atoms with Gasteiger partial charge in [-0.15, -0.1) is 0 Å². The summed E-state index contributed by atoms with van der Waals surface area (Å²) >= 11 is 20.8. The van der Waals surface area contributed by atoms with Crippen molar-refractivity contribution < 1.29 is 9.47 Å². The van der Waals surface area contributed by atoms with Gasteiger partial charge in [-0.2, -0.15) is 0 Å². The van der Waals surface area contributed by atoms with E-state index in [9.17, 15) is 0 Å². The zero-order valence-corrected chi connectivity index (χ0v) is 20.2. The van der Waals surface area contributed by atoms with Gasteiger partial charge in [0.25, 0.3) is 0 Å². The molecule has 4 aromatic carbocycles. The van der Waals surface area contributed by atoms with Crippen LogP contribution in [0.15, 0.2) is 72.8 Å². The molecule has 7 rings (SSSR count). The molecule has 4 aromatic rings. The molecule has 0 aromatic heterocycles. The first-order chi connectivity index (χ1) is 16.0. The highest BCUT2D eigenvalue weighted by Crippen LogP contribution is 2.65. The van der Waals surface area contributed by atoms with E-state index < -0.39 is 5.41 Å². The third-order valence-corrected chi connectivity index (χ3v) is 7.99. The summed E-state index contributed by atoms with van der Waals surface area (Å²) in [7, 11) is 3.31. The number of rotatable bonds is 3. The molecule has 2 bridgehead atoms. The molecular formula is C28H19Cl3O2. The fourth-order valence-corrected chi connectivity index (χ4v) is 6.68. The largest absolute Gasteiger partial charge is 0.497 e. The smallest absolute Gasteiger partial charge is 0.122 e. The van der Waals surface area contributed by atoms with Crippen LogP contribution in [-0.2, 0) is 5.41 Å². The van der Waals surface area contributed by atoms with E-state index in [-0.39, 0.29) is 5.92 Å². The molecule has 2 nitrogen and oxygen atoms in total. The lowest BCUT2D eigenvalue weighted by Gasteiger charge is -2.52. The van der Waals surface area contributed by atoms with Crippen molar-refractivity contribution in [1.82, 2.24) is 0 Å². The molecule has 2 atom stereocenters. The van der Waals surface area contributed by atoms with E-state index in [4.69, 9.17) is 44.3 Å². The second-order valence-electron chi connectivity index (χ2n) is 8.39. The van der Waals surface area contributed by atoms with Crippen molar-refractivity contribution in [3.05, 3.63) is 127 Å². The Morgan fingerprint density at radius 3 is 2.03 bits per heavy atom. The zero-order valence-electron chi connectivity index (χ0n) is 18.0. The lowest BCUT2D eigenvalue weighted by atomic mass is 9.51. The summed E-state index contributed by atoms with van der Waals surface area (Å²) in [6.45, 7) is 0. The molecule has 0 aliphatic heterocycles. The maximum atomic E-state index is 7.01. The van der Waals surface area contributed by atoms with Gasteiger partial charge in [0.1, 0.15) is 11.5 Å². The topological polar surface area (TPSA) is 18.5 Å². The van der Waals surface area contributed by atoms with Crippen LogP contribution in [0.1, 0.15) is 44.9 Å². The molecule has 0 saturated heterocycles. The Hall–Kier alpha value is -2.65. The van der Waals surface area contributed by atoms with Crippen LogP contribution in [0, 0.1) is 0 Å². The zero-order chi connectivity index (χ0) is 22.9. The van der Waals surface area contributed by atoms with Gasteiger partial charge in [0.15, 0.2) is 0 Å². The molecule has 3 aliphatic carbocycles. The molecule has 0 spiro atoms. The number of hydrogen-bond donors (Lipinski definition) is 0. The van der Waals surface area contributed by atoms with E-state index in [0.29, 0.717) is 26.6 Å². The van der Waals surface area contributed by atoms with Gasteiger partial charge in [-0.05, 0) is 69.3 Å². The monoisotopic (exact) mass is 492 g/mol. The Morgan fingerprint density at radius 2 is 1.30 bits per heavy atom. The van der Waals surface area contributed by atoms with Crippen LogP contribution < -0.4 is 9.47 Å². The minimum absolute atomic E-state index is 0.0968. The van der Waals surface area contributed by atoms with Crippen molar-refractivity contribution in [1.29, 1.82) is 0 Å². The molecule has 0 fully saturated rings. The van der Waals surface area contributed by atoms with Crippen LogP contribution >= 0.6 is 34.8 Å². The lowest BCUT2D eigenvalue weighted by Crippen LogP contribution is -2.43. The molecular weight excluding hydrogens is 475 g/mol. The quantitative estimate of drug-likeness (QED) is 0.250. The fourth-order valence-electron chi connectivity index (χ4n) is 5.83. The highest BCUT2D eigenvalue weighted by molar-refractivity contribution is 6.35. The van der Waals surface area contributed by atoms with Gasteiger partial charge in [0, 0.05) is 27.1 Å². The number of methoxy groups -OCH3 is 2. The van der Waals surface area contributed by atoms with Crippen molar-refractivity contribution in [2.75, 3.05) is 14.2 Å². The highest BCUT2D eigenvalue weighted by atomic mass is 35.5. The Bertz CT molecular complexity index is 1420. The van der Waals surface area contributed by atoms with Gasteiger partial charge in [0.05, 0.1) is 19.6 Å². The van der Waals surface area contributed by atoms with E-state index in [2.05, 4.69) is 42.5 Å². The van der Waals surface area contributed by atoms with Crippen molar-refractivity contribution in [3.63, 3.8) is 0 Å². The summed E-state index contributed by atoms with van der Waals surface area (Å²) in [5.41, 5.74) is 6.76. The second kappa shape index (κ2) is 7.43. The summed E-state index contributed by atoms with van der Waals surface area (Å²) in [5.74, 6) is 1.31. The average molecular weight is 494 g/mol. The highest BCUT2D eigenvalue weighted by Gasteiger charge is 2.55. The molecule has 0 amide bonds. The van der Waals surface area contributed by atoms with Crippen LogP contribution in [0.2, 0.25) is 15.1 Å². The molecule has 5 heteroatoms. The standard InChI is InChI=1S/C28H19Cl3O2/c1-32-16-12-15(13-17(14-16)33-2)28-19-7-4-3-6-18(19)24(25-20(28)8-5-9-21(25)29)26-22(30)10-11-23(31)27(26)28/h3-14,24H,1-2H3. The van der Waals surface area contributed by atoms with E-state index in [1.165, 1.54) is 5.56 Å². The van der Waals surface area contributed by atoms with E-state index in [0.717, 1.165) is 33.4 Å². The van der Waals surface area contributed by atoms with E-state index in [1.54, 1.807) is 14.2 Å². The number of halogens is 3. The van der Waals surface area contributed by atoms with Crippen molar-refractivity contribution in [2.45, 2.75) is 11.3 Å². The number of ether oxygens (including phenoxy) is 2. The second-order valence-corrected chi connectivity index (χ2v) is 9.61. The predicted octanol–water partition coefficient (Wildman–Crippen LogP) is 7.85. The summed E-state index contributed by atoms with van der Waals surface area (Å²) in [4.78, 5) is 0. The van der Waals surface area contributed by atoms with Crippen LogP contribution in [0.3, 0.4) is 0 Å². The van der Waals surface area contributed by atoms with E-state index >= 15 is 0 Å². The molecule has 0 radical (unpaired) electrons. The molecule has 2 unspecified atom stereocenters. The van der Waals surface area contributed by atoms with Crippen molar-refractivity contribution in [2.24, 2.45) is 0 Å². The Kier molecular flexibility index (Phi) is 4.71. The summed E-state index contributed by atoms with van der Waals surface area (Å²) in [6, 6.07) is 24.3. The van der Waals surface area contributed by atoms with Gasteiger partial charge in [-0.1, -0.05) is 71.2 Å². The van der Waals surface area contributed by atoms with Crippen LogP contribution in [0.5, 0.6) is 11.5 Å². The number of benzene rings is 4. The molecule has 0 saturated carbocycles. The van der Waals surface area contributed by atoms with Gasteiger partial charge < -0.3 is 9.47 Å². The SMILES string of the molecule is COc1cc(OC)cc(C23c4ccccc4C(c4c(Cl)cccc42)c2c(Cl)ccc(Cl)c23)c1. The third kappa shape index (κ3) is 2.63. The van der Waals surface area contributed by atoms with Crippen LogP contribution in [0.4, 0.5) is 0 Å². The maximum Gasteiger partial charge on any atom is 0.122 e. The van der Waals surface area contributed by atoms with Gasteiger partial charge in [-0.3, -0.25) is 0 Å². The molecule has 0 heterocycles. The summed E-state index contributed by atoms with van der Waals surface area (Å²) in [5, 5.41) is 2.06. The van der Waals surface area contributed by atoms with Gasteiger partial charge in [-0.25, -0.2) is 0 Å². The summed E-state index contributed by atoms with van der Waals surface area (Å²) in [6.07, 6.45) is 0. The molecule has 3 aliphatic rings. The first-order valence-electron chi connectivity index (χ1n) is 10.6. The first kappa shape index (κ1) is 20.9. The Morgan fingerprint density at radius 1 is 0.667 bits per heavy atom. The van der Waals surface area contributed by atoms with Gasteiger partial charge >= 0.3 is 0 Å². The average Bonchev–Trinajstić information content (AvgIpc) is 2.85. The summed E-state index contributed by atoms with van der Waals surface area (Å²) < 4.78 is 11.3. The lowest BCUT2D eigenvalue weighted by molar-refractivity contribution is 0.392. The molecule has 164 valence electrons. The number of hydrogen-bond acceptors (Lipinski definition) is 2. The van der Waals surface area contributed by atoms with E-state index in [1.807, 2.05) is 30.3 Å². The van der Waals surface area contributed by atoms with Crippen molar-refractivity contribution >= 4 is 34.8 Å². The van der Waals surface area contributed by atoms with Crippen LogP contribution in [-0.4, -0.2) is 14.2 Å². The predicted molar refractivity (Wildman–Crippen MR) is 134 cm³/mol. The fraction of sp³-hybridized carbons (Fsp3) is 0.143. The van der Waals surface area contributed by atoms with Crippen molar-refractivity contribution in [3.8, 4) is 11.5 Å². The van der Waals surface area contributed by atoms with Crippen LogP contribution in [0.25, 0.3) is 0 Å². The molecule has 0 N–H and O–H groups in total. The minimum Gasteiger partial charge on any atom is -0.497 e. The third-order valence-electron chi connectivity index (χ3n) is 7.01. The first-order valence-corrected chi connectivity index (χ1v) is 11.8. The normalized spacial score (nSPS) is 19.5. The maximum absolute atomic E-state index is 7.01. The minimum atomic E-state index is -0.731.